The van der Waals surface area contributed by atoms with Gasteiger partial charge in [-0.05, 0) is 57.5 Å². The van der Waals surface area contributed by atoms with Gasteiger partial charge < -0.3 is 9.30 Å². The summed E-state index contributed by atoms with van der Waals surface area (Å²) in [6.45, 7) is 8.32. The minimum Gasteiger partial charge on any atom is -0.495 e. The van der Waals surface area contributed by atoms with Crippen molar-refractivity contribution >= 4 is 21.5 Å². The molecule has 1 heterocycles. The van der Waals surface area contributed by atoms with E-state index in [0.717, 1.165) is 34.2 Å². The molecule has 0 radical (unpaired) electrons. The van der Waals surface area contributed by atoms with E-state index < -0.39 is 10.0 Å². The van der Waals surface area contributed by atoms with Crippen molar-refractivity contribution in [2.24, 2.45) is 0 Å². The predicted molar refractivity (Wildman–Crippen MR) is 127 cm³/mol. The maximum absolute atomic E-state index is 13.7. The van der Waals surface area contributed by atoms with Crippen LogP contribution in [0.5, 0.6) is 5.75 Å². The van der Waals surface area contributed by atoms with Crippen molar-refractivity contribution in [3.8, 4) is 5.75 Å². The van der Waals surface area contributed by atoms with E-state index in [1.165, 1.54) is 7.11 Å². The molecule has 0 N–H and O–H groups in total. The van der Waals surface area contributed by atoms with Gasteiger partial charge in [-0.25, -0.2) is 8.42 Å². The number of sulfonamides is 1. The van der Waals surface area contributed by atoms with Crippen LogP contribution >= 0.6 is 0 Å². The normalized spacial score (nSPS) is 11.4. The zero-order valence-electron chi connectivity index (χ0n) is 19.3. The molecule has 2 aromatic carbocycles. The number of ketones is 1. The number of ether oxygens (including phenoxy) is 1. The van der Waals surface area contributed by atoms with Crippen LogP contribution in [0.25, 0.3) is 0 Å². The minimum absolute atomic E-state index is 0.123. The van der Waals surface area contributed by atoms with Crippen LogP contribution in [-0.2, 0) is 16.6 Å². The van der Waals surface area contributed by atoms with E-state index in [-0.39, 0.29) is 17.2 Å². The highest BCUT2D eigenvalue weighted by Crippen LogP contribution is 2.33. The highest BCUT2D eigenvalue weighted by Gasteiger charge is 2.30. The SMILES string of the molecule is CCCn1c(C)cc(C(=O)CN(c2ccccc2OC)S(=O)(=O)c2ccc(C)cc2)c1C. The number of hydrogen-bond donors (Lipinski definition) is 0. The summed E-state index contributed by atoms with van der Waals surface area (Å²) < 4.78 is 36.0. The van der Waals surface area contributed by atoms with E-state index in [2.05, 4.69) is 11.5 Å². The Labute approximate surface area is 190 Å². The molecule has 0 aliphatic rings. The van der Waals surface area contributed by atoms with Gasteiger partial charge in [0, 0.05) is 23.5 Å². The molecular weight excluding hydrogens is 424 g/mol. The number of aryl methyl sites for hydroxylation is 2. The molecule has 32 heavy (non-hydrogen) atoms. The Morgan fingerprint density at radius 1 is 1.03 bits per heavy atom. The molecule has 0 amide bonds. The van der Waals surface area contributed by atoms with Crippen LogP contribution in [0.3, 0.4) is 0 Å². The van der Waals surface area contributed by atoms with Crippen LogP contribution in [0.1, 0.15) is 40.7 Å². The summed E-state index contributed by atoms with van der Waals surface area (Å²) in [7, 11) is -2.53. The highest BCUT2D eigenvalue weighted by molar-refractivity contribution is 7.92. The highest BCUT2D eigenvalue weighted by atomic mass is 32.2. The monoisotopic (exact) mass is 454 g/mol. The minimum atomic E-state index is -4.01. The lowest BCUT2D eigenvalue weighted by molar-refractivity contribution is 0.100. The number of carbonyl (C=O) groups is 1. The van der Waals surface area contributed by atoms with Crippen molar-refractivity contribution in [3.05, 3.63) is 77.1 Å². The summed E-state index contributed by atoms with van der Waals surface area (Å²) in [5.74, 6) is 0.120. The van der Waals surface area contributed by atoms with Gasteiger partial charge in [0.1, 0.15) is 5.75 Å². The topological polar surface area (TPSA) is 68.6 Å². The summed E-state index contributed by atoms with van der Waals surface area (Å²) in [5.41, 5.74) is 3.65. The van der Waals surface area contributed by atoms with Gasteiger partial charge in [-0.2, -0.15) is 0 Å². The molecule has 0 spiro atoms. The maximum Gasteiger partial charge on any atom is 0.264 e. The first-order valence-corrected chi connectivity index (χ1v) is 12.1. The van der Waals surface area contributed by atoms with Gasteiger partial charge in [-0.3, -0.25) is 9.10 Å². The molecule has 1 aromatic heterocycles. The Bertz CT molecular complexity index is 1210. The molecule has 7 heteroatoms. The third kappa shape index (κ3) is 4.58. The Hall–Kier alpha value is -3.06. The predicted octanol–water partition coefficient (Wildman–Crippen LogP) is 4.91. The van der Waals surface area contributed by atoms with E-state index in [1.807, 2.05) is 26.8 Å². The molecule has 0 bridgehead atoms. The molecule has 0 fully saturated rings. The van der Waals surface area contributed by atoms with Crippen LogP contribution in [0, 0.1) is 20.8 Å². The van der Waals surface area contributed by atoms with Gasteiger partial charge in [-0.15, -0.1) is 0 Å². The lowest BCUT2D eigenvalue weighted by atomic mass is 10.1. The van der Waals surface area contributed by atoms with Crippen LogP contribution in [0.4, 0.5) is 5.69 Å². The van der Waals surface area contributed by atoms with Gasteiger partial charge in [0.15, 0.2) is 5.78 Å². The fourth-order valence-electron chi connectivity index (χ4n) is 3.84. The first-order valence-electron chi connectivity index (χ1n) is 10.6. The molecule has 0 aliphatic heterocycles. The number of rotatable bonds is 9. The molecule has 3 rings (SSSR count). The van der Waals surface area contributed by atoms with Crippen molar-refractivity contribution in [2.75, 3.05) is 18.0 Å². The third-order valence-corrected chi connectivity index (χ3v) is 7.35. The summed E-state index contributed by atoms with van der Waals surface area (Å²) in [4.78, 5) is 13.5. The quantitative estimate of drug-likeness (QED) is 0.431. The summed E-state index contributed by atoms with van der Waals surface area (Å²) in [6.07, 6.45) is 0.944. The maximum atomic E-state index is 13.7. The van der Waals surface area contributed by atoms with Crippen molar-refractivity contribution in [1.29, 1.82) is 0 Å². The lowest BCUT2D eigenvalue weighted by Crippen LogP contribution is -2.36. The van der Waals surface area contributed by atoms with E-state index in [1.54, 1.807) is 48.5 Å². The number of nitrogens with zero attached hydrogens (tertiary/aromatic N) is 2. The second kappa shape index (κ2) is 9.61. The van der Waals surface area contributed by atoms with E-state index >= 15 is 0 Å². The number of hydrogen-bond acceptors (Lipinski definition) is 4. The Morgan fingerprint density at radius 2 is 1.69 bits per heavy atom. The van der Waals surface area contributed by atoms with E-state index in [9.17, 15) is 13.2 Å². The summed E-state index contributed by atoms with van der Waals surface area (Å²) >= 11 is 0. The number of carbonyl (C=O) groups excluding carboxylic acids is 1. The zero-order valence-corrected chi connectivity index (χ0v) is 20.1. The average Bonchev–Trinajstić information content (AvgIpc) is 3.06. The fraction of sp³-hybridized carbons (Fsp3) is 0.320. The number of aromatic nitrogens is 1. The molecule has 170 valence electrons. The van der Waals surface area contributed by atoms with Crippen molar-refractivity contribution < 1.29 is 17.9 Å². The van der Waals surface area contributed by atoms with Gasteiger partial charge in [0.05, 0.1) is 24.2 Å². The smallest absolute Gasteiger partial charge is 0.264 e. The largest absolute Gasteiger partial charge is 0.495 e. The molecule has 0 saturated heterocycles. The molecule has 0 unspecified atom stereocenters. The molecule has 0 atom stereocenters. The van der Waals surface area contributed by atoms with Crippen molar-refractivity contribution in [1.82, 2.24) is 4.57 Å². The standard InChI is InChI=1S/C25H30N2O4S/c1-6-15-26-19(3)16-22(20(26)4)24(28)17-27(23-9-7-8-10-25(23)31-5)32(29,30)21-13-11-18(2)12-14-21/h7-14,16H,6,15,17H2,1-5H3. The van der Waals surface area contributed by atoms with Crippen LogP contribution in [-0.4, -0.2) is 32.4 Å². The van der Waals surface area contributed by atoms with E-state index in [4.69, 9.17) is 4.74 Å². The molecule has 0 saturated carbocycles. The zero-order chi connectivity index (χ0) is 23.5. The summed E-state index contributed by atoms with van der Waals surface area (Å²) in [5, 5.41) is 0. The average molecular weight is 455 g/mol. The second-order valence-corrected chi connectivity index (χ2v) is 9.72. The summed E-state index contributed by atoms with van der Waals surface area (Å²) in [6, 6.07) is 15.3. The Balaban J connectivity index is 2.09. The first kappa shape index (κ1) is 23.6. The number of Topliss-reactive ketones (excluding diaryl/α,β-unsaturated/α-hetero) is 1. The second-order valence-electron chi connectivity index (χ2n) is 7.86. The molecule has 3 aromatic rings. The number of anilines is 1. The van der Waals surface area contributed by atoms with Crippen LogP contribution < -0.4 is 9.04 Å². The molecule has 6 nitrogen and oxygen atoms in total. The Morgan fingerprint density at radius 3 is 2.31 bits per heavy atom. The number of methoxy groups -OCH3 is 1. The molecular formula is C25H30N2O4S. The van der Waals surface area contributed by atoms with Crippen LogP contribution in [0.15, 0.2) is 59.5 Å². The van der Waals surface area contributed by atoms with E-state index in [0.29, 0.717) is 17.0 Å². The van der Waals surface area contributed by atoms with Gasteiger partial charge >= 0.3 is 0 Å². The first-order chi connectivity index (χ1) is 15.2. The van der Waals surface area contributed by atoms with Gasteiger partial charge in [0.25, 0.3) is 10.0 Å². The van der Waals surface area contributed by atoms with Crippen LogP contribution in [0.2, 0.25) is 0 Å². The fourth-order valence-corrected chi connectivity index (χ4v) is 5.27. The van der Waals surface area contributed by atoms with Gasteiger partial charge in [0.2, 0.25) is 0 Å². The van der Waals surface area contributed by atoms with Crippen molar-refractivity contribution in [3.63, 3.8) is 0 Å². The lowest BCUT2D eigenvalue weighted by Gasteiger charge is -2.25. The molecule has 0 aliphatic carbocycles. The number of benzene rings is 2. The van der Waals surface area contributed by atoms with Gasteiger partial charge in [-0.1, -0.05) is 36.8 Å². The number of para-hydroxylation sites is 2. The van der Waals surface area contributed by atoms with Crippen molar-refractivity contribution in [2.45, 2.75) is 45.6 Å². The Kier molecular flexibility index (Phi) is 7.09. The third-order valence-electron chi connectivity index (χ3n) is 5.57.